The SMILES string of the molecule is CC1(CNS(=O)(=O)c2cc(Br)cnc2N)CCCCC1. The summed E-state index contributed by atoms with van der Waals surface area (Å²) >= 11 is 3.22. The predicted molar refractivity (Wildman–Crippen MR) is 82.7 cm³/mol. The molecule has 0 aromatic carbocycles. The minimum absolute atomic E-state index is 0.0227. The predicted octanol–water partition coefficient (Wildman–Crippen LogP) is 2.68. The van der Waals surface area contributed by atoms with Gasteiger partial charge in [0.15, 0.2) is 0 Å². The van der Waals surface area contributed by atoms with E-state index in [-0.39, 0.29) is 16.1 Å². The van der Waals surface area contributed by atoms with Gasteiger partial charge in [0.2, 0.25) is 10.0 Å². The summed E-state index contributed by atoms with van der Waals surface area (Å²) in [6.45, 7) is 2.58. The molecular weight excluding hydrogens is 342 g/mol. The van der Waals surface area contributed by atoms with E-state index in [4.69, 9.17) is 5.73 Å². The summed E-state index contributed by atoms with van der Waals surface area (Å²) in [5.41, 5.74) is 5.71. The first kappa shape index (κ1) is 15.7. The third kappa shape index (κ3) is 3.71. The van der Waals surface area contributed by atoms with Crippen LogP contribution in [0.3, 0.4) is 0 Å². The van der Waals surface area contributed by atoms with Crippen LogP contribution >= 0.6 is 15.9 Å². The zero-order chi connectivity index (χ0) is 14.8. The highest BCUT2D eigenvalue weighted by Crippen LogP contribution is 2.35. The van der Waals surface area contributed by atoms with Crippen LogP contribution < -0.4 is 10.5 Å². The van der Waals surface area contributed by atoms with Crippen LogP contribution in [0, 0.1) is 5.41 Å². The molecule has 1 aromatic heterocycles. The maximum atomic E-state index is 12.3. The molecule has 0 saturated heterocycles. The van der Waals surface area contributed by atoms with Crippen LogP contribution in [0.4, 0.5) is 5.82 Å². The number of nitrogens with one attached hydrogen (secondary N) is 1. The quantitative estimate of drug-likeness (QED) is 0.862. The summed E-state index contributed by atoms with van der Waals surface area (Å²) in [5.74, 6) is 0.0227. The molecule has 0 spiro atoms. The number of nitrogens with zero attached hydrogens (tertiary/aromatic N) is 1. The Morgan fingerprint density at radius 3 is 2.70 bits per heavy atom. The standard InChI is InChI=1S/C13H20BrN3O2S/c1-13(5-3-2-4-6-13)9-17-20(18,19)11-7-10(14)8-16-12(11)15/h7-8,17H,2-6,9H2,1H3,(H2,15,16). The molecule has 1 fully saturated rings. The third-order valence-corrected chi connectivity index (χ3v) is 5.75. The van der Waals surface area contributed by atoms with Crippen LogP contribution in [0.5, 0.6) is 0 Å². The van der Waals surface area contributed by atoms with Crippen molar-refractivity contribution in [3.8, 4) is 0 Å². The van der Waals surface area contributed by atoms with Gasteiger partial charge in [-0.1, -0.05) is 26.2 Å². The average molecular weight is 362 g/mol. The third-order valence-electron chi connectivity index (χ3n) is 3.89. The number of hydrogen-bond acceptors (Lipinski definition) is 4. The molecule has 0 amide bonds. The highest BCUT2D eigenvalue weighted by atomic mass is 79.9. The van der Waals surface area contributed by atoms with Crippen LogP contribution in [0.2, 0.25) is 0 Å². The Morgan fingerprint density at radius 1 is 1.40 bits per heavy atom. The lowest BCUT2D eigenvalue weighted by Gasteiger charge is -2.33. The summed E-state index contributed by atoms with van der Waals surface area (Å²) in [4.78, 5) is 3.90. The number of nitrogens with two attached hydrogens (primary N) is 1. The molecule has 2 rings (SSSR count). The van der Waals surface area contributed by atoms with E-state index in [9.17, 15) is 8.42 Å². The minimum atomic E-state index is -3.62. The second-order valence-corrected chi connectivity index (χ2v) is 8.38. The molecule has 5 nitrogen and oxygen atoms in total. The molecule has 1 heterocycles. The molecule has 1 saturated carbocycles. The minimum Gasteiger partial charge on any atom is -0.383 e. The van der Waals surface area contributed by atoms with E-state index in [2.05, 4.69) is 32.6 Å². The van der Waals surface area contributed by atoms with Gasteiger partial charge in [0.1, 0.15) is 10.7 Å². The Bertz CT molecular complexity index is 583. The van der Waals surface area contributed by atoms with Gasteiger partial charge in [-0.2, -0.15) is 0 Å². The van der Waals surface area contributed by atoms with Crippen molar-refractivity contribution in [2.24, 2.45) is 5.41 Å². The Balaban J connectivity index is 2.13. The number of anilines is 1. The van der Waals surface area contributed by atoms with E-state index in [0.29, 0.717) is 11.0 Å². The Hall–Kier alpha value is -0.660. The smallest absolute Gasteiger partial charge is 0.244 e. The summed E-state index contributed by atoms with van der Waals surface area (Å²) < 4.78 is 28.0. The summed E-state index contributed by atoms with van der Waals surface area (Å²) in [7, 11) is -3.62. The van der Waals surface area contributed by atoms with Gasteiger partial charge >= 0.3 is 0 Å². The molecule has 0 atom stereocenters. The van der Waals surface area contributed by atoms with E-state index in [1.54, 1.807) is 0 Å². The fraction of sp³-hybridized carbons (Fsp3) is 0.615. The molecule has 7 heteroatoms. The highest BCUT2D eigenvalue weighted by Gasteiger charge is 2.29. The van der Waals surface area contributed by atoms with Gasteiger partial charge in [0.05, 0.1) is 0 Å². The summed E-state index contributed by atoms with van der Waals surface area (Å²) in [6.07, 6.45) is 7.17. The number of nitrogen functional groups attached to an aromatic ring is 1. The topological polar surface area (TPSA) is 85.1 Å². The van der Waals surface area contributed by atoms with E-state index < -0.39 is 10.0 Å². The largest absolute Gasteiger partial charge is 0.383 e. The van der Waals surface area contributed by atoms with Gasteiger partial charge in [0.25, 0.3) is 0 Å². The Morgan fingerprint density at radius 2 is 2.05 bits per heavy atom. The molecule has 20 heavy (non-hydrogen) atoms. The summed E-state index contributed by atoms with van der Waals surface area (Å²) in [5, 5.41) is 0. The zero-order valence-electron chi connectivity index (χ0n) is 11.5. The molecule has 0 aliphatic heterocycles. The number of rotatable bonds is 4. The first-order valence-corrected chi connectivity index (χ1v) is 9.01. The monoisotopic (exact) mass is 361 g/mol. The van der Waals surface area contributed by atoms with Crippen molar-refractivity contribution in [3.05, 3.63) is 16.7 Å². The Labute approximate surface area is 128 Å². The lowest BCUT2D eigenvalue weighted by atomic mass is 9.76. The van der Waals surface area contributed by atoms with Crippen LogP contribution in [-0.2, 0) is 10.0 Å². The number of pyridine rings is 1. The summed E-state index contributed by atoms with van der Waals surface area (Å²) in [6, 6.07) is 1.48. The average Bonchev–Trinajstić information content (AvgIpc) is 2.40. The van der Waals surface area contributed by atoms with E-state index in [0.717, 1.165) is 12.8 Å². The maximum absolute atomic E-state index is 12.3. The molecule has 0 radical (unpaired) electrons. The normalized spacial score (nSPS) is 18.9. The molecule has 112 valence electrons. The second kappa shape index (κ2) is 5.99. The Kier molecular flexibility index (Phi) is 4.71. The lowest BCUT2D eigenvalue weighted by Crippen LogP contribution is -2.37. The molecule has 1 aliphatic carbocycles. The molecular formula is C13H20BrN3O2S. The molecule has 0 bridgehead atoms. The van der Waals surface area contributed by atoms with Crippen molar-refractivity contribution in [2.75, 3.05) is 12.3 Å². The van der Waals surface area contributed by atoms with E-state index in [1.165, 1.54) is 31.5 Å². The lowest BCUT2D eigenvalue weighted by molar-refractivity contribution is 0.219. The van der Waals surface area contributed by atoms with Crippen LogP contribution in [-0.4, -0.2) is 19.9 Å². The van der Waals surface area contributed by atoms with Crippen molar-refractivity contribution < 1.29 is 8.42 Å². The van der Waals surface area contributed by atoms with Gasteiger partial charge in [-0.15, -0.1) is 0 Å². The number of halogens is 1. The molecule has 1 aromatic rings. The van der Waals surface area contributed by atoms with E-state index >= 15 is 0 Å². The van der Waals surface area contributed by atoms with Crippen molar-refractivity contribution >= 4 is 31.8 Å². The van der Waals surface area contributed by atoms with Gasteiger partial charge in [-0.05, 0) is 40.3 Å². The fourth-order valence-electron chi connectivity index (χ4n) is 2.58. The number of sulfonamides is 1. The highest BCUT2D eigenvalue weighted by molar-refractivity contribution is 9.10. The van der Waals surface area contributed by atoms with Gasteiger partial charge < -0.3 is 5.73 Å². The van der Waals surface area contributed by atoms with Crippen molar-refractivity contribution in [3.63, 3.8) is 0 Å². The molecule has 1 aliphatic rings. The number of hydrogen-bond donors (Lipinski definition) is 2. The molecule has 0 unspecified atom stereocenters. The van der Waals surface area contributed by atoms with Gasteiger partial charge in [-0.3, -0.25) is 0 Å². The van der Waals surface area contributed by atoms with Crippen LogP contribution in [0.25, 0.3) is 0 Å². The maximum Gasteiger partial charge on any atom is 0.244 e. The number of aromatic nitrogens is 1. The zero-order valence-corrected chi connectivity index (χ0v) is 13.9. The van der Waals surface area contributed by atoms with Crippen LogP contribution in [0.1, 0.15) is 39.0 Å². The second-order valence-electron chi connectivity index (χ2n) is 5.73. The van der Waals surface area contributed by atoms with Gasteiger partial charge in [-0.25, -0.2) is 18.1 Å². The first-order chi connectivity index (χ1) is 9.32. The van der Waals surface area contributed by atoms with Gasteiger partial charge in [0, 0.05) is 17.2 Å². The van der Waals surface area contributed by atoms with Crippen LogP contribution in [0.15, 0.2) is 21.6 Å². The molecule has 3 N–H and O–H groups in total. The van der Waals surface area contributed by atoms with Crippen molar-refractivity contribution in [1.29, 1.82) is 0 Å². The van der Waals surface area contributed by atoms with Crippen molar-refractivity contribution in [2.45, 2.75) is 43.9 Å². The van der Waals surface area contributed by atoms with E-state index in [1.807, 2.05) is 0 Å². The fourth-order valence-corrected chi connectivity index (χ4v) is 4.36. The van der Waals surface area contributed by atoms with Crippen molar-refractivity contribution in [1.82, 2.24) is 9.71 Å². The first-order valence-electron chi connectivity index (χ1n) is 6.73.